The summed E-state index contributed by atoms with van der Waals surface area (Å²) in [7, 11) is 0. The molecule has 0 aliphatic carbocycles. The van der Waals surface area contributed by atoms with Crippen LogP contribution in [0.3, 0.4) is 0 Å². The van der Waals surface area contributed by atoms with Crippen LogP contribution in [0.25, 0.3) is 93.2 Å². The Morgan fingerprint density at radius 1 is 0.274 bits per heavy atom. The third kappa shape index (κ3) is 5.96. The molecule has 2 heteroatoms. The van der Waals surface area contributed by atoms with Gasteiger partial charge in [0.2, 0.25) is 0 Å². The molecule has 0 fully saturated rings. The Labute approximate surface area is 360 Å². The highest BCUT2D eigenvalue weighted by molar-refractivity contribution is 6.12. The number of anilines is 3. The van der Waals surface area contributed by atoms with Gasteiger partial charge in [-0.15, -0.1) is 0 Å². The van der Waals surface area contributed by atoms with Crippen molar-refractivity contribution in [2.45, 2.75) is 0 Å². The van der Waals surface area contributed by atoms with Gasteiger partial charge in [-0.25, -0.2) is 0 Å². The highest BCUT2D eigenvalue weighted by Crippen LogP contribution is 2.45. The molecule has 12 aromatic rings. The second-order valence-electron chi connectivity index (χ2n) is 16.1. The van der Waals surface area contributed by atoms with Crippen LogP contribution in [-0.2, 0) is 0 Å². The molecule has 0 saturated carbocycles. The Hall–Kier alpha value is -8.20. The van der Waals surface area contributed by atoms with Gasteiger partial charge in [0, 0.05) is 33.1 Å². The molecule has 1 aromatic heterocycles. The van der Waals surface area contributed by atoms with E-state index in [1.54, 1.807) is 0 Å². The first-order valence-electron chi connectivity index (χ1n) is 21.3. The maximum absolute atomic E-state index is 2.43. The number of hydrogen-bond acceptors (Lipinski definition) is 1. The Morgan fingerprint density at radius 2 is 0.823 bits per heavy atom. The van der Waals surface area contributed by atoms with Gasteiger partial charge in [0.25, 0.3) is 0 Å². The predicted molar refractivity (Wildman–Crippen MR) is 264 cm³/mol. The van der Waals surface area contributed by atoms with Gasteiger partial charge >= 0.3 is 0 Å². The summed E-state index contributed by atoms with van der Waals surface area (Å²) >= 11 is 0. The van der Waals surface area contributed by atoms with Gasteiger partial charge in [-0.2, -0.15) is 0 Å². The van der Waals surface area contributed by atoms with Crippen molar-refractivity contribution in [1.82, 2.24) is 4.57 Å². The average molecular weight is 789 g/mol. The highest BCUT2D eigenvalue weighted by Gasteiger charge is 2.21. The van der Waals surface area contributed by atoms with Gasteiger partial charge in [-0.1, -0.05) is 188 Å². The lowest BCUT2D eigenvalue weighted by atomic mass is 9.94. The van der Waals surface area contributed by atoms with Gasteiger partial charge in [0.1, 0.15) is 0 Å². The van der Waals surface area contributed by atoms with Crippen molar-refractivity contribution in [1.29, 1.82) is 0 Å². The van der Waals surface area contributed by atoms with E-state index in [1.807, 2.05) is 0 Å². The molecule has 0 saturated heterocycles. The summed E-state index contributed by atoms with van der Waals surface area (Å²) in [5, 5.41) is 9.92. The topological polar surface area (TPSA) is 8.17 Å². The Morgan fingerprint density at radius 3 is 1.60 bits per heavy atom. The SMILES string of the molecule is c1ccc(-c2ccc(N(c3cccc(-c4ccc5ccc6ccccc6c5c4)c3)c3ccc(-c4ccccc4-n4c5ccccc5c5ccccc54)c4ccccc34)cc2)cc1. The second kappa shape index (κ2) is 14.8. The first-order chi connectivity index (χ1) is 30.8. The normalized spacial score (nSPS) is 11.5. The van der Waals surface area contributed by atoms with Crippen LogP contribution in [0.2, 0.25) is 0 Å². The fourth-order valence-corrected chi connectivity index (χ4v) is 9.66. The Kier molecular flexibility index (Phi) is 8.53. The van der Waals surface area contributed by atoms with E-state index >= 15 is 0 Å². The fourth-order valence-electron chi connectivity index (χ4n) is 9.66. The van der Waals surface area contributed by atoms with Crippen molar-refractivity contribution in [2.24, 2.45) is 0 Å². The van der Waals surface area contributed by atoms with E-state index in [4.69, 9.17) is 0 Å². The molecule has 0 amide bonds. The van der Waals surface area contributed by atoms with Gasteiger partial charge in [0.05, 0.1) is 22.4 Å². The summed E-state index contributed by atoms with van der Waals surface area (Å²) in [6.07, 6.45) is 0. The molecule has 290 valence electrons. The van der Waals surface area contributed by atoms with Crippen LogP contribution in [0.1, 0.15) is 0 Å². The fraction of sp³-hybridized carbons (Fsp3) is 0. The lowest BCUT2D eigenvalue weighted by Crippen LogP contribution is -2.11. The summed E-state index contributed by atoms with van der Waals surface area (Å²) in [6.45, 7) is 0. The van der Waals surface area contributed by atoms with Crippen LogP contribution < -0.4 is 4.90 Å². The molecule has 2 nitrogen and oxygen atoms in total. The monoisotopic (exact) mass is 788 g/mol. The predicted octanol–water partition coefficient (Wildman–Crippen LogP) is 16.7. The van der Waals surface area contributed by atoms with Gasteiger partial charge in [-0.05, 0) is 109 Å². The zero-order valence-electron chi connectivity index (χ0n) is 34.0. The zero-order chi connectivity index (χ0) is 41.0. The van der Waals surface area contributed by atoms with Crippen molar-refractivity contribution >= 4 is 71.2 Å². The summed E-state index contributed by atoms with van der Waals surface area (Å²) < 4.78 is 2.43. The summed E-state index contributed by atoms with van der Waals surface area (Å²) in [4.78, 5) is 2.43. The molecule has 11 aromatic carbocycles. The quantitative estimate of drug-likeness (QED) is 0.146. The number of hydrogen-bond donors (Lipinski definition) is 0. The minimum Gasteiger partial charge on any atom is -0.310 e. The molecule has 0 aliphatic heterocycles. The van der Waals surface area contributed by atoms with Gasteiger partial charge in [0.15, 0.2) is 0 Å². The molecular weight excluding hydrogens is 749 g/mol. The standard InChI is InChI=1S/C60H40N2/c1-2-15-41(16-3-1)42-33-35-47(36-34-42)61(48-19-14-18-45(39-48)46-32-31-44-30-29-43-17-4-5-20-49(43)56(44)40-46)60-38-37-51(50-21-6-7-22-52(50)60)53-23-8-11-26-57(53)62-58-27-12-9-24-54(58)55-25-10-13-28-59(55)62/h1-40H. The minimum absolute atomic E-state index is 1.09. The van der Waals surface area contributed by atoms with Crippen LogP contribution >= 0.6 is 0 Å². The van der Waals surface area contributed by atoms with Crippen LogP contribution in [0.5, 0.6) is 0 Å². The maximum atomic E-state index is 2.43. The van der Waals surface area contributed by atoms with Crippen molar-refractivity contribution in [3.05, 3.63) is 243 Å². The van der Waals surface area contributed by atoms with E-state index in [-0.39, 0.29) is 0 Å². The average Bonchev–Trinajstić information content (AvgIpc) is 3.69. The van der Waals surface area contributed by atoms with Gasteiger partial charge < -0.3 is 9.47 Å². The van der Waals surface area contributed by atoms with E-state index in [2.05, 4.69) is 252 Å². The van der Waals surface area contributed by atoms with Crippen LogP contribution in [0.15, 0.2) is 243 Å². The first kappa shape index (κ1) is 35.7. The highest BCUT2D eigenvalue weighted by atomic mass is 15.1. The summed E-state index contributed by atoms with van der Waals surface area (Å²) in [6, 6.07) is 88.5. The van der Waals surface area contributed by atoms with Crippen molar-refractivity contribution in [3.63, 3.8) is 0 Å². The Balaban J connectivity index is 1.04. The zero-order valence-corrected chi connectivity index (χ0v) is 34.0. The second-order valence-corrected chi connectivity index (χ2v) is 16.1. The van der Waals surface area contributed by atoms with Gasteiger partial charge in [-0.3, -0.25) is 0 Å². The lowest BCUT2D eigenvalue weighted by molar-refractivity contribution is 1.18. The molecular formula is C60H40N2. The van der Waals surface area contributed by atoms with E-state index in [0.29, 0.717) is 0 Å². The number of nitrogens with zero attached hydrogens (tertiary/aromatic N) is 2. The summed E-state index contributed by atoms with van der Waals surface area (Å²) in [5.74, 6) is 0. The Bertz CT molecular complexity index is 3580. The molecule has 62 heavy (non-hydrogen) atoms. The van der Waals surface area contributed by atoms with Crippen molar-refractivity contribution < 1.29 is 0 Å². The van der Waals surface area contributed by atoms with Crippen molar-refractivity contribution in [3.8, 4) is 39.1 Å². The lowest BCUT2D eigenvalue weighted by Gasteiger charge is -2.28. The van der Waals surface area contributed by atoms with E-state index < -0.39 is 0 Å². The third-order valence-electron chi connectivity index (χ3n) is 12.6. The number of rotatable bonds is 7. The number of aromatic nitrogens is 1. The van der Waals surface area contributed by atoms with E-state index in [9.17, 15) is 0 Å². The molecule has 12 rings (SSSR count). The number of benzene rings is 11. The number of para-hydroxylation sites is 3. The third-order valence-corrected chi connectivity index (χ3v) is 12.6. The molecule has 0 radical (unpaired) electrons. The molecule has 0 N–H and O–H groups in total. The molecule has 0 unspecified atom stereocenters. The van der Waals surface area contributed by atoms with Crippen molar-refractivity contribution in [2.75, 3.05) is 4.90 Å². The molecule has 0 atom stereocenters. The number of fused-ring (bicyclic) bond motifs is 7. The molecule has 0 aliphatic rings. The minimum atomic E-state index is 1.09. The molecule has 0 bridgehead atoms. The maximum Gasteiger partial charge on any atom is 0.0541 e. The first-order valence-corrected chi connectivity index (χ1v) is 21.3. The van der Waals surface area contributed by atoms with Crippen LogP contribution in [0, 0.1) is 0 Å². The summed E-state index contributed by atoms with van der Waals surface area (Å²) in [5.41, 5.74) is 14.0. The van der Waals surface area contributed by atoms with Crippen LogP contribution in [-0.4, -0.2) is 4.57 Å². The van der Waals surface area contributed by atoms with E-state index in [0.717, 1.165) is 22.7 Å². The van der Waals surface area contributed by atoms with E-state index in [1.165, 1.54) is 87.5 Å². The smallest absolute Gasteiger partial charge is 0.0541 e. The largest absolute Gasteiger partial charge is 0.310 e. The molecule has 1 heterocycles. The van der Waals surface area contributed by atoms with Crippen LogP contribution in [0.4, 0.5) is 17.1 Å². The molecule has 0 spiro atoms.